The zero-order valence-electron chi connectivity index (χ0n) is 10.6. The number of benzene rings is 2. The molecule has 0 heterocycles. The van der Waals surface area contributed by atoms with Gasteiger partial charge in [0.15, 0.2) is 0 Å². The number of ether oxygens (including phenoxy) is 1. The van der Waals surface area contributed by atoms with Crippen LogP contribution in [0.3, 0.4) is 0 Å². The van der Waals surface area contributed by atoms with E-state index in [4.69, 9.17) is 5.26 Å². The number of phenolic OH excluding ortho intramolecular Hbond substituents is 1. The standard InChI is InChI=1S/C15H10FNO3/c1-20-15(19)12-4-11(5-13(16)6-12)9-2-3-10(8-17)14(18)7-9/h2-7,18H,1H3. The van der Waals surface area contributed by atoms with Gasteiger partial charge in [-0.05, 0) is 41.5 Å². The highest BCUT2D eigenvalue weighted by molar-refractivity contribution is 5.91. The van der Waals surface area contributed by atoms with Gasteiger partial charge < -0.3 is 9.84 Å². The zero-order chi connectivity index (χ0) is 14.7. The molecule has 2 aromatic rings. The number of nitriles is 1. The maximum atomic E-state index is 13.5. The molecule has 0 aromatic heterocycles. The van der Waals surface area contributed by atoms with Crippen molar-refractivity contribution in [2.45, 2.75) is 0 Å². The van der Waals surface area contributed by atoms with Gasteiger partial charge in [-0.15, -0.1) is 0 Å². The number of carbonyl (C=O) groups excluding carboxylic acids is 1. The predicted molar refractivity (Wildman–Crippen MR) is 69.6 cm³/mol. The lowest BCUT2D eigenvalue weighted by atomic mass is 10.0. The van der Waals surface area contributed by atoms with Crippen LogP contribution in [0.5, 0.6) is 5.75 Å². The van der Waals surface area contributed by atoms with E-state index in [9.17, 15) is 14.3 Å². The van der Waals surface area contributed by atoms with E-state index in [1.54, 1.807) is 6.07 Å². The molecule has 2 aromatic carbocycles. The summed E-state index contributed by atoms with van der Waals surface area (Å²) in [4.78, 5) is 11.4. The summed E-state index contributed by atoms with van der Waals surface area (Å²) in [6, 6.07) is 9.91. The first kappa shape index (κ1) is 13.6. The topological polar surface area (TPSA) is 70.3 Å². The third kappa shape index (κ3) is 2.59. The van der Waals surface area contributed by atoms with Crippen LogP contribution >= 0.6 is 0 Å². The average molecular weight is 271 g/mol. The summed E-state index contributed by atoms with van der Waals surface area (Å²) < 4.78 is 18.1. The van der Waals surface area contributed by atoms with Gasteiger partial charge in [0.2, 0.25) is 0 Å². The third-order valence-corrected chi connectivity index (χ3v) is 2.77. The second-order valence-electron chi connectivity index (χ2n) is 4.06. The molecule has 0 radical (unpaired) electrons. The van der Waals surface area contributed by atoms with Gasteiger partial charge in [-0.3, -0.25) is 0 Å². The summed E-state index contributed by atoms with van der Waals surface area (Å²) in [5.74, 6) is -1.44. The van der Waals surface area contributed by atoms with Gasteiger partial charge >= 0.3 is 5.97 Å². The van der Waals surface area contributed by atoms with Crippen molar-refractivity contribution < 1.29 is 19.0 Å². The molecule has 20 heavy (non-hydrogen) atoms. The van der Waals surface area contributed by atoms with Gasteiger partial charge in [0, 0.05) is 0 Å². The molecule has 0 fully saturated rings. The minimum absolute atomic E-state index is 0.0753. The minimum atomic E-state index is -0.649. The number of esters is 1. The first-order valence-electron chi connectivity index (χ1n) is 5.67. The van der Waals surface area contributed by atoms with Crippen molar-refractivity contribution >= 4 is 5.97 Å². The van der Waals surface area contributed by atoms with Crippen LogP contribution < -0.4 is 0 Å². The van der Waals surface area contributed by atoms with Crippen LogP contribution in [0, 0.1) is 17.1 Å². The van der Waals surface area contributed by atoms with Crippen LogP contribution in [-0.2, 0) is 4.74 Å². The Kier molecular flexibility index (Phi) is 3.67. The molecule has 0 aliphatic carbocycles. The van der Waals surface area contributed by atoms with Crippen molar-refractivity contribution in [1.29, 1.82) is 5.26 Å². The van der Waals surface area contributed by atoms with E-state index in [-0.39, 0.29) is 16.9 Å². The number of hydrogen-bond donors (Lipinski definition) is 1. The van der Waals surface area contributed by atoms with Gasteiger partial charge in [0.25, 0.3) is 0 Å². The molecular weight excluding hydrogens is 261 g/mol. The maximum absolute atomic E-state index is 13.5. The average Bonchev–Trinajstić information content (AvgIpc) is 2.45. The number of phenols is 1. The molecule has 0 saturated heterocycles. The van der Waals surface area contributed by atoms with E-state index in [1.165, 1.54) is 31.4 Å². The van der Waals surface area contributed by atoms with Crippen molar-refractivity contribution in [3.63, 3.8) is 0 Å². The van der Waals surface area contributed by atoms with Gasteiger partial charge in [-0.2, -0.15) is 5.26 Å². The molecule has 0 aliphatic heterocycles. The van der Waals surface area contributed by atoms with Gasteiger partial charge in [0.1, 0.15) is 17.6 Å². The fourth-order valence-electron chi connectivity index (χ4n) is 1.80. The lowest BCUT2D eigenvalue weighted by molar-refractivity contribution is 0.0600. The second kappa shape index (κ2) is 5.41. The Morgan fingerprint density at radius 1 is 1.25 bits per heavy atom. The Morgan fingerprint density at radius 2 is 2.00 bits per heavy atom. The van der Waals surface area contributed by atoms with Crippen molar-refractivity contribution in [2.75, 3.05) is 7.11 Å². The van der Waals surface area contributed by atoms with Gasteiger partial charge in [-0.1, -0.05) is 6.07 Å². The molecular formula is C15H10FNO3. The van der Waals surface area contributed by atoms with E-state index < -0.39 is 11.8 Å². The summed E-state index contributed by atoms with van der Waals surface area (Å²) in [7, 11) is 1.21. The molecule has 0 unspecified atom stereocenters. The molecule has 0 spiro atoms. The van der Waals surface area contributed by atoms with Crippen LogP contribution in [-0.4, -0.2) is 18.2 Å². The number of hydrogen-bond acceptors (Lipinski definition) is 4. The maximum Gasteiger partial charge on any atom is 0.337 e. The fraction of sp³-hybridized carbons (Fsp3) is 0.0667. The van der Waals surface area contributed by atoms with Crippen molar-refractivity contribution in [2.24, 2.45) is 0 Å². The lowest BCUT2D eigenvalue weighted by Crippen LogP contribution is -2.02. The molecule has 1 N–H and O–H groups in total. The number of carbonyl (C=O) groups is 1. The molecule has 4 nitrogen and oxygen atoms in total. The van der Waals surface area contributed by atoms with Crippen molar-refractivity contribution in [3.8, 4) is 22.9 Å². The summed E-state index contributed by atoms with van der Waals surface area (Å²) >= 11 is 0. The Hall–Kier alpha value is -2.87. The number of aromatic hydroxyl groups is 1. The molecule has 100 valence electrons. The van der Waals surface area contributed by atoms with Crippen LogP contribution in [0.15, 0.2) is 36.4 Å². The SMILES string of the molecule is COC(=O)c1cc(F)cc(-c2ccc(C#N)c(O)c2)c1. The van der Waals surface area contributed by atoms with Crippen LogP contribution in [0.2, 0.25) is 0 Å². The third-order valence-electron chi connectivity index (χ3n) is 2.77. The van der Waals surface area contributed by atoms with E-state index in [0.717, 1.165) is 6.07 Å². The summed E-state index contributed by atoms with van der Waals surface area (Å²) in [5.41, 5.74) is 1.10. The quantitative estimate of drug-likeness (QED) is 0.852. The Bertz CT molecular complexity index is 720. The van der Waals surface area contributed by atoms with E-state index in [2.05, 4.69) is 4.74 Å². The van der Waals surface area contributed by atoms with Crippen LogP contribution in [0.1, 0.15) is 15.9 Å². The summed E-state index contributed by atoms with van der Waals surface area (Å²) in [5, 5.41) is 18.4. The van der Waals surface area contributed by atoms with E-state index >= 15 is 0 Å². The zero-order valence-corrected chi connectivity index (χ0v) is 10.6. The highest BCUT2D eigenvalue weighted by Gasteiger charge is 2.11. The molecule has 0 bridgehead atoms. The van der Waals surface area contributed by atoms with Crippen molar-refractivity contribution in [1.82, 2.24) is 0 Å². The first-order chi connectivity index (χ1) is 9.55. The molecule has 2 rings (SSSR count). The van der Waals surface area contributed by atoms with E-state index in [1.807, 2.05) is 6.07 Å². The smallest absolute Gasteiger partial charge is 0.337 e. The monoisotopic (exact) mass is 271 g/mol. The molecule has 0 saturated carbocycles. The largest absolute Gasteiger partial charge is 0.507 e. The van der Waals surface area contributed by atoms with Crippen LogP contribution in [0.25, 0.3) is 11.1 Å². The Morgan fingerprint density at radius 3 is 2.60 bits per heavy atom. The molecule has 0 amide bonds. The second-order valence-corrected chi connectivity index (χ2v) is 4.06. The van der Waals surface area contributed by atoms with E-state index in [0.29, 0.717) is 11.1 Å². The highest BCUT2D eigenvalue weighted by atomic mass is 19.1. The molecule has 5 heteroatoms. The number of rotatable bonds is 2. The number of halogens is 1. The Balaban J connectivity index is 2.53. The summed E-state index contributed by atoms with van der Waals surface area (Å²) in [6.07, 6.45) is 0. The van der Waals surface area contributed by atoms with Gasteiger partial charge in [0.05, 0.1) is 18.2 Å². The summed E-state index contributed by atoms with van der Waals surface area (Å²) in [6.45, 7) is 0. The first-order valence-corrected chi connectivity index (χ1v) is 5.67. The number of nitrogens with zero attached hydrogens (tertiary/aromatic N) is 1. The van der Waals surface area contributed by atoms with Crippen LogP contribution in [0.4, 0.5) is 4.39 Å². The molecule has 0 aliphatic rings. The normalized spacial score (nSPS) is 9.85. The Labute approximate surface area is 114 Å². The lowest BCUT2D eigenvalue weighted by Gasteiger charge is -2.06. The molecule has 0 atom stereocenters. The van der Waals surface area contributed by atoms with Gasteiger partial charge in [-0.25, -0.2) is 9.18 Å². The number of methoxy groups -OCH3 is 1. The highest BCUT2D eigenvalue weighted by Crippen LogP contribution is 2.27. The fourth-order valence-corrected chi connectivity index (χ4v) is 1.80. The minimum Gasteiger partial charge on any atom is -0.507 e. The van der Waals surface area contributed by atoms with Crippen molar-refractivity contribution in [3.05, 3.63) is 53.3 Å². The predicted octanol–water partition coefficient (Wildman–Crippen LogP) is 2.86.